The fourth-order valence-corrected chi connectivity index (χ4v) is 4.50. The van der Waals surface area contributed by atoms with Crippen LogP contribution in [0.15, 0.2) is 29.6 Å². The minimum Gasteiger partial charge on any atom is -0.271 e. The van der Waals surface area contributed by atoms with Crippen molar-refractivity contribution in [3.63, 3.8) is 0 Å². The smallest absolute Gasteiger partial charge is 0.0595 e. The highest BCUT2D eigenvalue weighted by atomic mass is 35.5. The van der Waals surface area contributed by atoms with Crippen LogP contribution in [0.5, 0.6) is 0 Å². The molecule has 21 heavy (non-hydrogen) atoms. The molecule has 0 saturated heterocycles. The highest BCUT2D eigenvalue weighted by molar-refractivity contribution is 7.10. The van der Waals surface area contributed by atoms with E-state index in [1.54, 1.807) is 0 Å². The van der Waals surface area contributed by atoms with Crippen molar-refractivity contribution in [2.75, 3.05) is 0 Å². The molecule has 112 valence electrons. The number of hydrogen-bond donors (Lipinski definition) is 2. The van der Waals surface area contributed by atoms with Crippen molar-refractivity contribution in [1.29, 1.82) is 0 Å². The number of aryl methyl sites for hydroxylation is 1. The first kappa shape index (κ1) is 15.3. The number of rotatable bonds is 4. The minimum atomic E-state index is 0.218. The van der Waals surface area contributed by atoms with E-state index in [9.17, 15) is 0 Å². The second kappa shape index (κ2) is 6.67. The predicted molar refractivity (Wildman–Crippen MR) is 91.3 cm³/mol. The van der Waals surface area contributed by atoms with Gasteiger partial charge in [-0.1, -0.05) is 29.3 Å². The van der Waals surface area contributed by atoms with Crippen molar-refractivity contribution in [2.24, 2.45) is 5.84 Å². The monoisotopic (exact) mass is 340 g/mol. The van der Waals surface area contributed by atoms with Crippen molar-refractivity contribution in [3.05, 3.63) is 55.7 Å². The molecule has 0 radical (unpaired) electrons. The minimum absolute atomic E-state index is 0.218. The highest BCUT2D eigenvalue weighted by Gasteiger charge is 2.28. The molecular weight excluding hydrogens is 323 g/mol. The summed E-state index contributed by atoms with van der Waals surface area (Å²) in [5.74, 6) is 6.31. The number of thiophene rings is 1. The molecule has 3 rings (SSSR count). The zero-order valence-electron chi connectivity index (χ0n) is 11.6. The van der Waals surface area contributed by atoms with Crippen LogP contribution in [0, 0.1) is 0 Å². The summed E-state index contributed by atoms with van der Waals surface area (Å²) in [5, 5.41) is 3.38. The molecule has 1 aliphatic rings. The van der Waals surface area contributed by atoms with E-state index in [0.29, 0.717) is 16.0 Å². The summed E-state index contributed by atoms with van der Waals surface area (Å²) in [6.45, 7) is 0. The van der Waals surface area contributed by atoms with Gasteiger partial charge in [-0.2, -0.15) is 0 Å². The third-order valence-electron chi connectivity index (χ3n) is 4.24. The van der Waals surface area contributed by atoms with Gasteiger partial charge in [-0.05, 0) is 60.4 Å². The number of hydrazine groups is 1. The fourth-order valence-electron chi connectivity index (χ4n) is 3.18. The lowest BCUT2D eigenvalue weighted by Crippen LogP contribution is -2.42. The van der Waals surface area contributed by atoms with Gasteiger partial charge < -0.3 is 0 Å². The predicted octanol–water partition coefficient (Wildman–Crippen LogP) is 4.55. The number of nitrogens with one attached hydrogen (secondary N) is 1. The van der Waals surface area contributed by atoms with Gasteiger partial charge in [0, 0.05) is 16.8 Å². The van der Waals surface area contributed by atoms with Crippen molar-refractivity contribution in [1.82, 2.24) is 5.43 Å². The first-order valence-corrected chi connectivity index (χ1v) is 8.79. The van der Waals surface area contributed by atoms with Crippen LogP contribution in [0.25, 0.3) is 0 Å². The van der Waals surface area contributed by atoms with Crippen LogP contribution in [0.1, 0.15) is 34.8 Å². The topological polar surface area (TPSA) is 38.0 Å². The average Bonchev–Trinajstić information content (AvgIpc) is 2.97. The molecule has 0 bridgehead atoms. The molecule has 0 amide bonds. The molecule has 2 unspecified atom stereocenters. The second-order valence-electron chi connectivity index (χ2n) is 5.52. The zero-order valence-corrected chi connectivity index (χ0v) is 13.9. The molecule has 0 spiro atoms. The first-order valence-electron chi connectivity index (χ1n) is 7.15. The molecular formula is C16H18Cl2N2S. The van der Waals surface area contributed by atoms with Gasteiger partial charge in [0.15, 0.2) is 0 Å². The van der Waals surface area contributed by atoms with E-state index in [2.05, 4.69) is 16.9 Å². The Morgan fingerprint density at radius 3 is 2.90 bits per heavy atom. The lowest BCUT2D eigenvalue weighted by atomic mass is 9.80. The molecule has 2 aromatic rings. The van der Waals surface area contributed by atoms with Crippen LogP contribution < -0.4 is 11.3 Å². The van der Waals surface area contributed by atoms with Gasteiger partial charge in [-0.15, -0.1) is 11.3 Å². The molecule has 0 saturated carbocycles. The molecule has 5 heteroatoms. The van der Waals surface area contributed by atoms with Gasteiger partial charge in [-0.3, -0.25) is 11.3 Å². The van der Waals surface area contributed by atoms with Crippen LogP contribution in [-0.4, -0.2) is 6.04 Å². The van der Waals surface area contributed by atoms with Gasteiger partial charge in [0.25, 0.3) is 0 Å². The van der Waals surface area contributed by atoms with E-state index in [1.165, 1.54) is 29.7 Å². The summed E-state index contributed by atoms with van der Waals surface area (Å²) in [4.78, 5) is 1.51. The quantitative estimate of drug-likeness (QED) is 0.632. The van der Waals surface area contributed by atoms with Gasteiger partial charge >= 0.3 is 0 Å². The summed E-state index contributed by atoms with van der Waals surface area (Å²) >= 11 is 13.9. The van der Waals surface area contributed by atoms with Crippen molar-refractivity contribution < 1.29 is 0 Å². The van der Waals surface area contributed by atoms with E-state index in [-0.39, 0.29) is 6.04 Å². The number of nitrogens with two attached hydrogens (primary N) is 1. The van der Waals surface area contributed by atoms with Crippen LogP contribution in [0.4, 0.5) is 0 Å². The molecule has 2 nitrogen and oxygen atoms in total. The van der Waals surface area contributed by atoms with Crippen molar-refractivity contribution in [2.45, 2.75) is 37.6 Å². The Morgan fingerprint density at radius 2 is 2.14 bits per heavy atom. The van der Waals surface area contributed by atoms with Crippen molar-refractivity contribution in [3.8, 4) is 0 Å². The lowest BCUT2D eigenvalue weighted by molar-refractivity contribution is 0.397. The molecule has 1 aromatic heterocycles. The number of benzene rings is 1. The molecule has 1 heterocycles. The summed E-state index contributed by atoms with van der Waals surface area (Å²) in [6.07, 6.45) is 4.47. The van der Waals surface area contributed by atoms with Crippen LogP contribution in [-0.2, 0) is 12.8 Å². The Balaban J connectivity index is 1.81. The average molecular weight is 341 g/mol. The maximum atomic E-state index is 6.11. The van der Waals surface area contributed by atoms with Gasteiger partial charge in [0.1, 0.15) is 0 Å². The van der Waals surface area contributed by atoms with Crippen LogP contribution in [0.2, 0.25) is 10.0 Å². The first-order chi connectivity index (χ1) is 10.2. The van der Waals surface area contributed by atoms with Gasteiger partial charge in [-0.25, -0.2) is 0 Å². The summed E-state index contributed by atoms with van der Waals surface area (Å²) in [7, 11) is 0. The fraction of sp³-hybridized carbons (Fsp3) is 0.375. The highest BCUT2D eigenvalue weighted by Crippen LogP contribution is 2.38. The molecule has 0 fully saturated rings. The Labute approximate surface area is 139 Å². The summed E-state index contributed by atoms with van der Waals surface area (Å²) in [6, 6.07) is 8.28. The van der Waals surface area contributed by atoms with E-state index in [0.717, 1.165) is 12.0 Å². The third-order valence-corrected chi connectivity index (χ3v) is 5.97. The SMILES string of the molecule is NNC(Cc1ccc(Cl)c(Cl)c1)C1CCCc2sccc21. The number of halogens is 2. The van der Waals surface area contributed by atoms with Crippen LogP contribution >= 0.6 is 34.5 Å². The Bertz CT molecular complexity index is 626. The Kier molecular flexibility index (Phi) is 4.87. The summed E-state index contributed by atoms with van der Waals surface area (Å²) < 4.78 is 0. The van der Waals surface area contributed by atoms with E-state index >= 15 is 0 Å². The Hall–Kier alpha value is -0.580. The molecule has 2 atom stereocenters. The molecule has 1 aliphatic carbocycles. The largest absolute Gasteiger partial charge is 0.271 e. The third kappa shape index (κ3) is 3.27. The maximum absolute atomic E-state index is 6.11. The maximum Gasteiger partial charge on any atom is 0.0595 e. The zero-order chi connectivity index (χ0) is 14.8. The number of hydrogen-bond acceptors (Lipinski definition) is 3. The van der Waals surface area contributed by atoms with Crippen LogP contribution in [0.3, 0.4) is 0 Å². The Morgan fingerprint density at radius 1 is 1.29 bits per heavy atom. The molecule has 3 N–H and O–H groups in total. The van der Waals surface area contributed by atoms with E-state index in [1.807, 2.05) is 29.5 Å². The molecule has 0 aliphatic heterocycles. The standard InChI is InChI=1S/C16H18Cl2N2S/c17-13-5-4-10(8-14(13)18)9-15(20-19)11-2-1-3-16-12(11)6-7-21-16/h4-8,11,15,20H,1-3,9,19H2. The van der Waals surface area contributed by atoms with Crippen molar-refractivity contribution >= 4 is 34.5 Å². The van der Waals surface area contributed by atoms with Gasteiger partial charge in [0.05, 0.1) is 10.0 Å². The molecule has 1 aromatic carbocycles. The van der Waals surface area contributed by atoms with Gasteiger partial charge in [0.2, 0.25) is 0 Å². The summed E-state index contributed by atoms with van der Waals surface area (Å²) in [5.41, 5.74) is 5.64. The van der Waals surface area contributed by atoms with E-state index < -0.39 is 0 Å². The normalized spacial score (nSPS) is 19.3. The van der Waals surface area contributed by atoms with E-state index in [4.69, 9.17) is 29.0 Å². The lowest BCUT2D eigenvalue weighted by Gasteiger charge is -2.30. The number of fused-ring (bicyclic) bond motifs is 1. The second-order valence-corrected chi connectivity index (χ2v) is 7.34.